The predicted molar refractivity (Wildman–Crippen MR) is 54.1 cm³/mol. The molecular formula is C9H10N2OS. The lowest BCUT2D eigenvalue weighted by Gasteiger charge is -2.35. The van der Waals surface area contributed by atoms with Gasteiger partial charge in [-0.15, -0.1) is 0 Å². The molecule has 2 rings (SSSR count). The zero-order chi connectivity index (χ0) is 9.42. The molecule has 1 aliphatic carbocycles. The fourth-order valence-corrected chi connectivity index (χ4v) is 1.77. The Morgan fingerprint density at radius 3 is 2.92 bits per heavy atom. The lowest BCUT2D eigenvalue weighted by Crippen LogP contribution is -2.57. The first kappa shape index (κ1) is 8.44. The largest absolute Gasteiger partial charge is 0.355 e. The van der Waals surface area contributed by atoms with Crippen molar-refractivity contribution in [2.75, 3.05) is 7.05 Å². The molecule has 0 bridgehead atoms. The molecule has 1 saturated heterocycles. The molecule has 2 atom stereocenters. The van der Waals surface area contributed by atoms with Gasteiger partial charge in [-0.1, -0.05) is 24.3 Å². The molecule has 1 heterocycles. The predicted octanol–water partition coefficient (Wildman–Crippen LogP) is 0.444. The Bertz CT molecular complexity index is 322. The summed E-state index contributed by atoms with van der Waals surface area (Å²) in [5, 5.41) is 3.60. The average Bonchev–Trinajstić information content (AvgIpc) is 2.15. The van der Waals surface area contributed by atoms with E-state index in [0.717, 1.165) is 0 Å². The molecule has 0 spiro atoms. The Labute approximate surface area is 82.1 Å². The molecule has 0 aromatic rings. The second-order valence-corrected chi connectivity index (χ2v) is 3.55. The summed E-state index contributed by atoms with van der Waals surface area (Å²) in [5.74, 6) is -0.0314. The molecular weight excluding hydrogens is 184 g/mol. The first-order valence-corrected chi connectivity index (χ1v) is 4.54. The van der Waals surface area contributed by atoms with Crippen LogP contribution in [0.25, 0.3) is 0 Å². The van der Waals surface area contributed by atoms with E-state index < -0.39 is 0 Å². The highest BCUT2D eigenvalue weighted by molar-refractivity contribution is 7.80. The Hall–Kier alpha value is -1.16. The third-order valence-corrected chi connectivity index (χ3v) is 2.74. The van der Waals surface area contributed by atoms with Crippen molar-refractivity contribution >= 4 is 23.2 Å². The second kappa shape index (κ2) is 2.96. The smallest absolute Gasteiger partial charge is 0.237 e. The molecule has 0 radical (unpaired) electrons. The summed E-state index contributed by atoms with van der Waals surface area (Å²) in [7, 11) is 1.69. The van der Waals surface area contributed by atoms with Crippen LogP contribution in [0.3, 0.4) is 0 Å². The van der Waals surface area contributed by atoms with Crippen molar-refractivity contribution in [2.24, 2.45) is 5.92 Å². The molecule has 13 heavy (non-hydrogen) atoms. The minimum atomic E-state index is -0.0956. The van der Waals surface area contributed by atoms with Crippen molar-refractivity contribution in [1.82, 2.24) is 10.2 Å². The second-order valence-electron chi connectivity index (χ2n) is 3.17. The van der Waals surface area contributed by atoms with Crippen molar-refractivity contribution in [2.45, 2.75) is 6.04 Å². The van der Waals surface area contributed by atoms with E-state index in [1.165, 1.54) is 4.90 Å². The fraction of sp³-hybridized carbons (Fsp3) is 0.333. The van der Waals surface area contributed by atoms with Crippen molar-refractivity contribution in [3.8, 4) is 0 Å². The van der Waals surface area contributed by atoms with E-state index in [0.29, 0.717) is 5.11 Å². The van der Waals surface area contributed by atoms with Crippen LogP contribution >= 0.6 is 12.2 Å². The van der Waals surface area contributed by atoms with Crippen LogP contribution in [0.2, 0.25) is 0 Å². The highest BCUT2D eigenvalue weighted by Crippen LogP contribution is 2.19. The van der Waals surface area contributed by atoms with Gasteiger partial charge in [-0.25, -0.2) is 0 Å². The van der Waals surface area contributed by atoms with Crippen LogP contribution in [0.1, 0.15) is 0 Å². The molecule has 0 unspecified atom stereocenters. The van der Waals surface area contributed by atoms with Crippen LogP contribution in [0.4, 0.5) is 0 Å². The first-order valence-electron chi connectivity index (χ1n) is 4.13. The van der Waals surface area contributed by atoms with Crippen LogP contribution in [0.15, 0.2) is 24.3 Å². The topological polar surface area (TPSA) is 32.3 Å². The van der Waals surface area contributed by atoms with Crippen molar-refractivity contribution in [3.05, 3.63) is 24.3 Å². The van der Waals surface area contributed by atoms with Gasteiger partial charge in [0.05, 0.1) is 12.0 Å². The number of nitrogens with zero attached hydrogens (tertiary/aromatic N) is 1. The van der Waals surface area contributed by atoms with E-state index >= 15 is 0 Å². The van der Waals surface area contributed by atoms with Crippen LogP contribution in [0, 0.1) is 5.92 Å². The van der Waals surface area contributed by atoms with Crippen LogP contribution in [-0.4, -0.2) is 29.0 Å². The molecule has 0 saturated carbocycles. The monoisotopic (exact) mass is 194 g/mol. The van der Waals surface area contributed by atoms with Gasteiger partial charge in [0.15, 0.2) is 5.11 Å². The summed E-state index contributed by atoms with van der Waals surface area (Å²) in [6.07, 6.45) is 7.68. The molecule has 3 nitrogen and oxygen atoms in total. The van der Waals surface area contributed by atoms with Gasteiger partial charge in [-0.3, -0.25) is 9.69 Å². The highest BCUT2D eigenvalue weighted by Gasteiger charge is 2.34. The maximum absolute atomic E-state index is 11.7. The number of allylic oxidation sites excluding steroid dienone is 2. The number of carbonyl (C=O) groups is 1. The summed E-state index contributed by atoms with van der Waals surface area (Å²) >= 11 is 5.01. The molecule has 1 N–H and O–H groups in total. The molecule has 68 valence electrons. The lowest BCUT2D eigenvalue weighted by atomic mass is 9.92. The molecule has 1 aliphatic heterocycles. The van der Waals surface area contributed by atoms with Gasteiger partial charge < -0.3 is 5.32 Å². The zero-order valence-corrected chi connectivity index (χ0v) is 8.04. The van der Waals surface area contributed by atoms with Crippen LogP contribution in [-0.2, 0) is 4.79 Å². The third-order valence-electron chi connectivity index (χ3n) is 2.35. The summed E-state index contributed by atoms with van der Waals surface area (Å²) < 4.78 is 0. The number of nitrogens with one attached hydrogen (secondary N) is 1. The highest BCUT2D eigenvalue weighted by atomic mass is 32.1. The molecule has 0 aromatic carbocycles. The van der Waals surface area contributed by atoms with E-state index in [2.05, 4.69) is 5.32 Å². The van der Waals surface area contributed by atoms with Crippen LogP contribution < -0.4 is 5.32 Å². The Kier molecular flexibility index (Phi) is 1.92. The molecule has 1 fully saturated rings. The lowest BCUT2D eigenvalue weighted by molar-refractivity contribution is -0.130. The maximum Gasteiger partial charge on any atom is 0.237 e. The van der Waals surface area contributed by atoms with Gasteiger partial charge in [0.1, 0.15) is 0 Å². The minimum absolute atomic E-state index is 0.0428. The summed E-state index contributed by atoms with van der Waals surface area (Å²) in [4.78, 5) is 13.2. The fourth-order valence-electron chi connectivity index (χ4n) is 1.54. The van der Waals surface area contributed by atoms with E-state index in [1.54, 1.807) is 7.05 Å². The maximum atomic E-state index is 11.7. The zero-order valence-electron chi connectivity index (χ0n) is 7.23. The number of carbonyl (C=O) groups excluding carboxylic acids is 1. The number of hydrogen-bond acceptors (Lipinski definition) is 2. The minimum Gasteiger partial charge on any atom is -0.355 e. The van der Waals surface area contributed by atoms with E-state index in [1.807, 2.05) is 24.3 Å². The number of rotatable bonds is 0. The number of amides is 1. The van der Waals surface area contributed by atoms with Gasteiger partial charge in [-0.05, 0) is 12.2 Å². The summed E-state index contributed by atoms with van der Waals surface area (Å²) in [5.41, 5.74) is 0. The van der Waals surface area contributed by atoms with E-state index in [9.17, 15) is 4.79 Å². The third kappa shape index (κ3) is 1.27. The van der Waals surface area contributed by atoms with Crippen molar-refractivity contribution < 1.29 is 4.79 Å². The molecule has 0 aromatic heterocycles. The van der Waals surface area contributed by atoms with Gasteiger partial charge in [0, 0.05) is 7.05 Å². The van der Waals surface area contributed by atoms with Gasteiger partial charge in [0.2, 0.25) is 5.91 Å². The Morgan fingerprint density at radius 2 is 2.15 bits per heavy atom. The summed E-state index contributed by atoms with van der Waals surface area (Å²) in [6.45, 7) is 0. The van der Waals surface area contributed by atoms with Gasteiger partial charge >= 0.3 is 0 Å². The number of fused-ring (bicyclic) bond motifs is 1. The standard InChI is InChI=1S/C9H10N2OS/c1-11-8(12)6-4-2-3-5-7(6)10-9(11)13/h2-7H,1H3,(H,10,13)/t6-,7-/m1/s1. The van der Waals surface area contributed by atoms with E-state index in [4.69, 9.17) is 12.2 Å². The van der Waals surface area contributed by atoms with Crippen molar-refractivity contribution in [3.63, 3.8) is 0 Å². The first-order chi connectivity index (χ1) is 6.20. The quantitative estimate of drug-likeness (QED) is 0.568. The SMILES string of the molecule is CN1C(=O)[C@@H]2C=CC=C[C@H]2NC1=S. The Morgan fingerprint density at radius 1 is 1.46 bits per heavy atom. The molecule has 1 amide bonds. The van der Waals surface area contributed by atoms with E-state index in [-0.39, 0.29) is 17.9 Å². The molecule has 2 aliphatic rings. The normalized spacial score (nSPS) is 31.6. The van der Waals surface area contributed by atoms with Gasteiger partial charge in [-0.2, -0.15) is 0 Å². The average molecular weight is 194 g/mol. The van der Waals surface area contributed by atoms with Crippen molar-refractivity contribution in [1.29, 1.82) is 0 Å². The van der Waals surface area contributed by atoms with Gasteiger partial charge in [0.25, 0.3) is 0 Å². The number of hydrogen-bond donors (Lipinski definition) is 1. The van der Waals surface area contributed by atoms with Crippen LogP contribution in [0.5, 0.6) is 0 Å². The Balaban J connectivity index is 2.29. The number of thiocarbonyl (C=S) groups is 1. The molecule has 4 heteroatoms. The summed E-state index contributed by atoms with van der Waals surface area (Å²) in [6, 6.07) is 0.0428.